The lowest BCUT2D eigenvalue weighted by molar-refractivity contribution is -0.126. The Morgan fingerprint density at radius 2 is 1.76 bits per heavy atom. The Hall–Kier alpha value is -2.16. The minimum absolute atomic E-state index is 0. The third kappa shape index (κ3) is 7.16. The first kappa shape index (κ1) is 27.1. The molecule has 3 rings (SSSR count). The van der Waals surface area contributed by atoms with Gasteiger partial charge in [-0.15, -0.1) is 0 Å². The van der Waals surface area contributed by atoms with Crippen LogP contribution in [0.15, 0.2) is 54.1 Å². The van der Waals surface area contributed by atoms with Crippen molar-refractivity contribution in [3.8, 4) is 0 Å². The van der Waals surface area contributed by atoms with Gasteiger partial charge in [0.15, 0.2) is 0 Å². The van der Waals surface area contributed by atoms with Gasteiger partial charge in [-0.05, 0) is 49.0 Å². The average molecular weight is 454 g/mol. The maximum Gasteiger partial charge on any atom is 0.249 e. The van der Waals surface area contributed by atoms with E-state index in [-0.39, 0.29) is 19.2 Å². The molecule has 5 unspecified atom stereocenters. The lowest BCUT2D eigenvalue weighted by Gasteiger charge is -2.25. The van der Waals surface area contributed by atoms with Crippen LogP contribution in [0.25, 0.3) is 0 Å². The molecule has 0 bridgehead atoms. The van der Waals surface area contributed by atoms with Crippen molar-refractivity contribution < 1.29 is 11.0 Å². The average Bonchev–Trinajstić information content (AvgIpc) is 3.45. The smallest absolute Gasteiger partial charge is 0.249 e. The van der Waals surface area contributed by atoms with Gasteiger partial charge in [-0.2, -0.15) is 0 Å². The fourth-order valence-corrected chi connectivity index (χ4v) is 4.74. The number of allylic oxidation sites excluding steroid dienone is 2. The molecule has 2 fully saturated rings. The summed E-state index contributed by atoms with van der Waals surface area (Å²) in [6.45, 7) is 20.2. The molecule has 184 valence electrons. The lowest BCUT2D eigenvalue weighted by Crippen LogP contribution is -2.32. The Balaban J connectivity index is 0.00000137. The number of carbonyl (C=O) groups is 2. The van der Waals surface area contributed by atoms with Gasteiger partial charge in [-0.3, -0.25) is 9.59 Å². The molecule has 1 saturated heterocycles. The van der Waals surface area contributed by atoms with E-state index in [1.165, 1.54) is 12.0 Å². The van der Waals surface area contributed by atoms with Crippen molar-refractivity contribution in [1.82, 2.24) is 4.90 Å². The summed E-state index contributed by atoms with van der Waals surface area (Å²) < 4.78 is 0. The van der Waals surface area contributed by atoms with Gasteiger partial charge in [0, 0.05) is 31.9 Å². The predicted molar refractivity (Wildman–Crippen MR) is 141 cm³/mol. The number of Topliss-reactive ketones (excluding diaryl/α,β-unsaturated/α-hetero) is 1. The third-order valence-corrected chi connectivity index (χ3v) is 7.36. The van der Waals surface area contributed by atoms with Crippen LogP contribution in [0, 0.1) is 29.6 Å². The summed E-state index contributed by atoms with van der Waals surface area (Å²) in [5.74, 6) is 2.16. The second-order valence-electron chi connectivity index (χ2n) is 10.5. The number of benzene rings is 1. The molecule has 1 aromatic rings. The molecule has 1 aliphatic heterocycles. The number of amides is 1. The van der Waals surface area contributed by atoms with Crippen molar-refractivity contribution in [3.05, 3.63) is 59.7 Å². The van der Waals surface area contributed by atoms with E-state index in [4.69, 9.17) is 0 Å². The molecular weight excluding hydrogens is 406 g/mol. The summed E-state index contributed by atoms with van der Waals surface area (Å²) in [5, 5.41) is 0. The maximum atomic E-state index is 13.1. The van der Waals surface area contributed by atoms with Crippen molar-refractivity contribution in [2.45, 2.75) is 73.6 Å². The van der Waals surface area contributed by atoms with Gasteiger partial charge in [0.25, 0.3) is 0 Å². The number of rotatable bonds is 8. The Morgan fingerprint density at radius 1 is 1.15 bits per heavy atom. The Bertz CT molecular complexity index is 845. The van der Waals surface area contributed by atoms with Gasteiger partial charge in [0.2, 0.25) is 5.91 Å². The van der Waals surface area contributed by atoms with Crippen LogP contribution in [-0.4, -0.2) is 29.7 Å². The fraction of sp³-hybridized carbons (Fsp3) is 0.600. The molecule has 0 aromatic heterocycles. The molecule has 2 aliphatic rings. The molecule has 1 aromatic carbocycles. The second kappa shape index (κ2) is 12.3. The zero-order chi connectivity index (χ0) is 24.7. The van der Waals surface area contributed by atoms with Crippen LogP contribution in [-0.2, 0) is 9.59 Å². The molecule has 0 spiro atoms. The summed E-state index contributed by atoms with van der Waals surface area (Å²) in [6.07, 6.45) is 5.14. The number of likely N-dealkylation sites (tertiary alicyclic amines) is 1. The maximum absolute atomic E-state index is 13.1. The molecular formula is C30H47NO2. The van der Waals surface area contributed by atoms with E-state index in [0.717, 1.165) is 37.1 Å². The van der Waals surface area contributed by atoms with Crippen LogP contribution in [0.3, 0.4) is 0 Å². The quantitative estimate of drug-likeness (QED) is 0.306. The molecule has 3 heteroatoms. The monoisotopic (exact) mass is 453 g/mol. The topological polar surface area (TPSA) is 37.4 Å². The largest absolute Gasteiger partial charge is 0.339 e. The first-order valence-electron chi connectivity index (χ1n) is 12.9. The molecule has 0 N–H and O–H groups in total. The third-order valence-electron chi connectivity index (χ3n) is 7.36. The van der Waals surface area contributed by atoms with Crippen molar-refractivity contribution in [1.29, 1.82) is 0 Å². The van der Waals surface area contributed by atoms with E-state index in [1.807, 2.05) is 24.0 Å². The minimum atomic E-state index is 0. The number of hydrogen-bond acceptors (Lipinski definition) is 2. The van der Waals surface area contributed by atoms with Crippen LogP contribution < -0.4 is 0 Å². The molecule has 5 atom stereocenters. The van der Waals surface area contributed by atoms with Gasteiger partial charge in [-0.1, -0.05) is 96.5 Å². The van der Waals surface area contributed by atoms with Crippen LogP contribution in [0.2, 0.25) is 0 Å². The first-order chi connectivity index (χ1) is 15.6. The van der Waals surface area contributed by atoms with Crippen molar-refractivity contribution in [2.24, 2.45) is 29.6 Å². The minimum Gasteiger partial charge on any atom is -0.339 e. The molecule has 1 amide bonds. The summed E-state index contributed by atoms with van der Waals surface area (Å²) in [5.41, 5.74) is 3.04. The van der Waals surface area contributed by atoms with Crippen LogP contribution in [0.5, 0.6) is 0 Å². The zero-order valence-corrected chi connectivity index (χ0v) is 21.9. The van der Waals surface area contributed by atoms with Gasteiger partial charge in [0.1, 0.15) is 5.78 Å². The van der Waals surface area contributed by atoms with E-state index in [2.05, 4.69) is 72.4 Å². The van der Waals surface area contributed by atoms with E-state index in [1.54, 1.807) is 0 Å². The summed E-state index contributed by atoms with van der Waals surface area (Å²) in [4.78, 5) is 27.9. The summed E-state index contributed by atoms with van der Waals surface area (Å²) in [7, 11) is 0. The Kier molecular flexibility index (Phi) is 10.1. The molecule has 0 radical (unpaired) electrons. The lowest BCUT2D eigenvalue weighted by atomic mass is 9.79. The number of hydrogen-bond donors (Lipinski definition) is 0. The van der Waals surface area contributed by atoms with Crippen LogP contribution in [0.1, 0.15) is 80.6 Å². The molecule has 1 aliphatic carbocycles. The van der Waals surface area contributed by atoms with Crippen molar-refractivity contribution in [3.63, 3.8) is 0 Å². The van der Waals surface area contributed by atoms with Gasteiger partial charge < -0.3 is 4.90 Å². The fourth-order valence-electron chi connectivity index (χ4n) is 4.74. The number of carbonyl (C=O) groups excluding carboxylic acids is 2. The van der Waals surface area contributed by atoms with Gasteiger partial charge in [-0.25, -0.2) is 0 Å². The normalized spacial score (nSPS) is 24.1. The standard InChI is InChI=1S/C27H37NO2.C3H8.H2/c1-17(2)18(3)14-19(4)27(30)28-13-12-23(16-28)20(5)21(6)26(29)25-15-24(25)22-10-8-7-9-11-22;1-3-2;/h7-11,14,17,20-21,23-25H,3,12-13,15-16H2,1-2,4-6H3;3H2,1-2H3;1H/b19-14+;;. The first-order valence-corrected chi connectivity index (χ1v) is 12.9. The SMILES string of the molecule is C=C(/C=C(\C)C(=O)N1CCC(C(C)C(C)C(=O)C2CC2c2ccccc2)C1)C(C)C.CCC.[HH]. The van der Waals surface area contributed by atoms with E-state index in [9.17, 15) is 9.59 Å². The van der Waals surface area contributed by atoms with E-state index < -0.39 is 0 Å². The Labute approximate surface area is 203 Å². The van der Waals surface area contributed by atoms with Crippen molar-refractivity contribution >= 4 is 11.7 Å². The second-order valence-corrected chi connectivity index (χ2v) is 10.5. The van der Waals surface area contributed by atoms with Gasteiger partial charge in [0.05, 0.1) is 0 Å². The molecule has 33 heavy (non-hydrogen) atoms. The van der Waals surface area contributed by atoms with E-state index in [0.29, 0.717) is 29.5 Å². The number of nitrogens with zero attached hydrogens (tertiary/aromatic N) is 1. The van der Waals surface area contributed by atoms with E-state index >= 15 is 0 Å². The Morgan fingerprint density at radius 3 is 2.33 bits per heavy atom. The summed E-state index contributed by atoms with van der Waals surface area (Å²) in [6, 6.07) is 10.4. The highest BCUT2D eigenvalue weighted by molar-refractivity contribution is 5.93. The molecule has 3 nitrogen and oxygen atoms in total. The van der Waals surface area contributed by atoms with Gasteiger partial charge >= 0.3 is 0 Å². The highest BCUT2D eigenvalue weighted by atomic mass is 16.2. The highest BCUT2D eigenvalue weighted by Gasteiger charge is 2.47. The molecule has 1 heterocycles. The highest BCUT2D eigenvalue weighted by Crippen LogP contribution is 2.50. The van der Waals surface area contributed by atoms with Crippen LogP contribution >= 0.6 is 0 Å². The van der Waals surface area contributed by atoms with Crippen LogP contribution in [0.4, 0.5) is 0 Å². The predicted octanol–water partition coefficient (Wildman–Crippen LogP) is 7.30. The van der Waals surface area contributed by atoms with Crippen molar-refractivity contribution in [2.75, 3.05) is 13.1 Å². The zero-order valence-electron chi connectivity index (χ0n) is 21.9. The molecule has 1 saturated carbocycles. The summed E-state index contributed by atoms with van der Waals surface area (Å²) >= 11 is 0. The number of ketones is 1.